The van der Waals surface area contributed by atoms with Crippen LogP contribution in [0.15, 0.2) is 0 Å². The number of hydrogen-bond acceptors (Lipinski definition) is 2. The first-order valence-electron chi connectivity index (χ1n) is 8.44. The quantitative estimate of drug-likeness (QED) is 0.515. The van der Waals surface area contributed by atoms with Crippen molar-refractivity contribution in [1.29, 1.82) is 0 Å². The molecule has 0 radical (unpaired) electrons. The van der Waals surface area contributed by atoms with Gasteiger partial charge < -0.3 is 8.85 Å². The Morgan fingerprint density at radius 1 is 0.667 bits per heavy atom. The van der Waals surface area contributed by atoms with E-state index in [1.165, 1.54) is 0 Å². The van der Waals surface area contributed by atoms with Gasteiger partial charge in [-0.3, -0.25) is 0 Å². The molecule has 0 aliphatic rings. The topological polar surface area (TPSA) is 18.5 Å². The van der Waals surface area contributed by atoms with E-state index in [1.807, 2.05) is 0 Å². The van der Waals surface area contributed by atoms with E-state index < -0.39 is 24.7 Å². The first-order chi connectivity index (χ1) is 9.04. The Kier molecular flexibility index (Phi) is 6.77. The third kappa shape index (κ3) is 5.30. The zero-order chi connectivity index (χ0) is 17.3. The van der Waals surface area contributed by atoms with Crippen LogP contribution in [-0.4, -0.2) is 35.2 Å². The molecule has 0 aromatic carbocycles. The first-order valence-corrected chi connectivity index (χ1v) is 18.3. The summed E-state index contributed by atoms with van der Waals surface area (Å²) in [5.41, 5.74) is 0. The van der Waals surface area contributed by atoms with Crippen molar-refractivity contribution < 1.29 is 8.85 Å². The summed E-state index contributed by atoms with van der Waals surface area (Å²) in [6.45, 7) is 27.9. The summed E-state index contributed by atoms with van der Waals surface area (Å²) >= 11 is 0. The Morgan fingerprint density at radius 3 is 1.29 bits per heavy atom. The van der Waals surface area contributed by atoms with E-state index in [1.54, 1.807) is 0 Å². The average Bonchev–Trinajstić information content (AvgIpc) is 2.24. The maximum Gasteiger partial charge on any atom is 0.216 e. The molecule has 128 valence electrons. The van der Waals surface area contributed by atoms with Gasteiger partial charge in [0.15, 0.2) is 8.32 Å². The third-order valence-corrected chi connectivity index (χ3v) is 14.3. The summed E-state index contributed by atoms with van der Waals surface area (Å²) in [6.07, 6.45) is 2.12. The average molecular weight is 349 g/mol. The lowest BCUT2D eigenvalue weighted by Crippen LogP contribution is -2.66. The molecular formula is C16H40O2Si3. The zero-order valence-corrected chi connectivity index (χ0v) is 19.7. The summed E-state index contributed by atoms with van der Waals surface area (Å²) in [7, 11) is -4.98. The molecule has 0 bridgehead atoms. The Morgan fingerprint density at radius 2 is 1.05 bits per heavy atom. The van der Waals surface area contributed by atoms with Crippen LogP contribution < -0.4 is 0 Å². The van der Waals surface area contributed by atoms with Gasteiger partial charge in [-0.25, -0.2) is 0 Å². The number of hydrogen-bond donors (Lipinski definition) is 0. The van der Waals surface area contributed by atoms with Crippen LogP contribution in [0.5, 0.6) is 0 Å². The van der Waals surface area contributed by atoms with Crippen molar-refractivity contribution in [1.82, 2.24) is 0 Å². The largest absolute Gasteiger partial charge is 0.412 e. The summed E-state index contributed by atoms with van der Waals surface area (Å²) in [4.78, 5) is 0. The molecule has 0 aliphatic heterocycles. The smallest absolute Gasteiger partial charge is 0.216 e. The van der Waals surface area contributed by atoms with Gasteiger partial charge >= 0.3 is 0 Å². The van der Waals surface area contributed by atoms with Crippen molar-refractivity contribution in [3.63, 3.8) is 0 Å². The molecule has 21 heavy (non-hydrogen) atoms. The van der Waals surface area contributed by atoms with Crippen LogP contribution in [0.3, 0.4) is 0 Å². The van der Waals surface area contributed by atoms with Gasteiger partial charge in [0.1, 0.15) is 0 Å². The molecule has 0 rings (SSSR count). The van der Waals surface area contributed by atoms with E-state index in [0.717, 1.165) is 12.8 Å². The SMILES string of the molecule is CCC(C)(O[Si](C)(C)C(C)(CC)O[Si](C)(C)C)[Si](C)(C)C. The Labute approximate surface area is 137 Å². The fourth-order valence-electron chi connectivity index (χ4n) is 2.72. The molecule has 0 fully saturated rings. The van der Waals surface area contributed by atoms with Crippen LogP contribution in [0.1, 0.15) is 40.5 Å². The van der Waals surface area contributed by atoms with Crippen molar-refractivity contribution in [2.24, 2.45) is 0 Å². The molecule has 0 aliphatic carbocycles. The molecule has 0 aromatic rings. The van der Waals surface area contributed by atoms with Crippen LogP contribution in [0.2, 0.25) is 52.4 Å². The second kappa shape index (κ2) is 6.59. The van der Waals surface area contributed by atoms with E-state index in [0.29, 0.717) is 0 Å². The van der Waals surface area contributed by atoms with Crippen LogP contribution >= 0.6 is 0 Å². The predicted octanol–water partition coefficient (Wildman–Crippen LogP) is 5.81. The fraction of sp³-hybridized carbons (Fsp3) is 1.00. The molecule has 0 heterocycles. The van der Waals surface area contributed by atoms with Crippen molar-refractivity contribution in [3.8, 4) is 0 Å². The molecule has 0 saturated carbocycles. The number of rotatable bonds is 8. The minimum atomic E-state index is -1.99. The second-order valence-electron chi connectivity index (χ2n) is 9.25. The van der Waals surface area contributed by atoms with Crippen molar-refractivity contribution in [3.05, 3.63) is 0 Å². The van der Waals surface area contributed by atoms with E-state index in [4.69, 9.17) is 8.85 Å². The van der Waals surface area contributed by atoms with E-state index >= 15 is 0 Å². The predicted molar refractivity (Wildman–Crippen MR) is 104 cm³/mol. The van der Waals surface area contributed by atoms with Crippen LogP contribution in [0.4, 0.5) is 0 Å². The Bertz CT molecular complexity index is 344. The van der Waals surface area contributed by atoms with Gasteiger partial charge in [0.2, 0.25) is 8.32 Å². The molecular weight excluding hydrogens is 308 g/mol. The second-order valence-corrected chi connectivity index (χ2v) is 23.5. The highest BCUT2D eigenvalue weighted by Crippen LogP contribution is 2.39. The lowest BCUT2D eigenvalue weighted by Gasteiger charge is -2.52. The first kappa shape index (κ1) is 21.6. The van der Waals surface area contributed by atoms with Crippen molar-refractivity contribution >= 4 is 24.7 Å². The summed E-state index contributed by atoms with van der Waals surface area (Å²) in [5, 5.41) is -0.0739. The molecule has 0 aromatic heterocycles. The fourth-order valence-corrected chi connectivity index (χ4v) is 11.5. The molecule has 0 amide bonds. The van der Waals surface area contributed by atoms with Crippen molar-refractivity contribution in [2.45, 2.75) is 103 Å². The highest BCUT2D eigenvalue weighted by Gasteiger charge is 2.52. The lowest BCUT2D eigenvalue weighted by atomic mass is 10.3. The normalized spacial score (nSPS) is 20.0. The Balaban J connectivity index is 5.53. The summed E-state index contributed by atoms with van der Waals surface area (Å²) in [6, 6.07) is 0. The van der Waals surface area contributed by atoms with Crippen molar-refractivity contribution in [2.75, 3.05) is 0 Å². The van der Waals surface area contributed by atoms with Gasteiger partial charge in [0, 0.05) is 5.22 Å². The van der Waals surface area contributed by atoms with Crippen LogP contribution in [0, 0.1) is 0 Å². The monoisotopic (exact) mass is 348 g/mol. The highest BCUT2D eigenvalue weighted by molar-refractivity contribution is 6.82. The van der Waals surface area contributed by atoms with Gasteiger partial charge in [-0.1, -0.05) is 33.5 Å². The molecule has 2 unspecified atom stereocenters. The highest BCUT2D eigenvalue weighted by atomic mass is 28.4. The van der Waals surface area contributed by atoms with E-state index in [2.05, 4.69) is 80.1 Å². The molecule has 2 atom stereocenters. The van der Waals surface area contributed by atoms with E-state index in [-0.39, 0.29) is 10.4 Å². The minimum absolute atomic E-state index is 0.0297. The van der Waals surface area contributed by atoms with Crippen LogP contribution in [-0.2, 0) is 8.85 Å². The lowest BCUT2D eigenvalue weighted by molar-refractivity contribution is 0.0767. The molecule has 0 spiro atoms. The van der Waals surface area contributed by atoms with Gasteiger partial charge in [-0.2, -0.15) is 0 Å². The van der Waals surface area contributed by atoms with Gasteiger partial charge in [0.05, 0.1) is 13.3 Å². The Hall–Kier alpha value is 0.571. The molecule has 5 heteroatoms. The maximum absolute atomic E-state index is 6.94. The standard InChI is InChI=1S/C16H40O2Si3/c1-13-15(3,19(5,6)7)18-21(11,12)16(4,14-2)17-20(8,9)10/h13-14H2,1-12H3. The van der Waals surface area contributed by atoms with Gasteiger partial charge in [0.25, 0.3) is 0 Å². The van der Waals surface area contributed by atoms with Crippen LogP contribution in [0.25, 0.3) is 0 Å². The van der Waals surface area contributed by atoms with E-state index in [9.17, 15) is 0 Å². The third-order valence-electron chi connectivity index (χ3n) is 5.22. The summed E-state index contributed by atoms with van der Waals surface area (Å²) in [5.74, 6) is 0. The zero-order valence-electron chi connectivity index (χ0n) is 16.7. The maximum atomic E-state index is 6.94. The van der Waals surface area contributed by atoms with Gasteiger partial charge in [-0.05, 0) is 59.4 Å². The molecule has 0 N–H and O–H groups in total. The molecule has 0 saturated heterocycles. The van der Waals surface area contributed by atoms with Gasteiger partial charge in [-0.15, -0.1) is 0 Å². The summed E-state index contributed by atoms with van der Waals surface area (Å²) < 4.78 is 13.6. The molecule has 2 nitrogen and oxygen atoms in total. The minimum Gasteiger partial charge on any atom is -0.412 e.